The highest BCUT2D eigenvalue weighted by molar-refractivity contribution is 6.31. The highest BCUT2D eigenvalue weighted by Crippen LogP contribution is 2.56. The molecule has 2 fully saturated rings. The minimum atomic E-state index is -0.995. The van der Waals surface area contributed by atoms with E-state index in [0.717, 1.165) is 18.5 Å². The fourth-order valence-corrected chi connectivity index (χ4v) is 6.09. The number of carbonyl (C=O) groups is 1. The zero-order valence-corrected chi connectivity index (χ0v) is 21.3. The third-order valence-electron chi connectivity index (χ3n) is 7.73. The second kappa shape index (κ2) is 8.94. The van der Waals surface area contributed by atoms with E-state index in [1.165, 1.54) is 18.2 Å². The van der Waals surface area contributed by atoms with E-state index in [9.17, 15) is 19.4 Å². The topological polar surface area (TPSA) is 100 Å². The molecule has 5 rings (SSSR count). The first-order chi connectivity index (χ1) is 16.9. The van der Waals surface area contributed by atoms with Crippen molar-refractivity contribution in [3.05, 3.63) is 76.3 Å². The van der Waals surface area contributed by atoms with Crippen molar-refractivity contribution in [2.45, 2.75) is 56.7 Å². The van der Waals surface area contributed by atoms with Crippen molar-refractivity contribution in [3.63, 3.8) is 0 Å². The van der Waals surface area contributed by atoms with Gasteiger partial charge in [0.1, 0.15) is 17.1 Å². The van der Waals surface area contributed by atoms with Crippen LogP contribution in [0.5, 0.6) is 0 Å². The number of nitrogens with one attached hydrogen (secondary N) is 1. The highest BCUT2D eigenvalue weighted by Gasteiger charge is 2.51. The first-order valence-corrected chi connectivity index (χ1v) is 12.5. The lowest BCUT2D eigenvalue weighted by atomic mass is 9.89. The quantitative estimate of drug-likeness (QED) is 0.452. The molecule has 3 aromatic rings. The van der Waals surface area contributed by atoms with Crippen molar-refractivity contribution >= 4 is 23.2 Å². The van der Waals surface area contributed by atoms with Crippen molar-refractivity contribution < 1.29 is 19.4 Å². The van der Waals surface area contributed by atoms with Crippen LogP contribution in [-0.2, 0) is 18.2 Å². The van der Waals surface area contributed by atoms with Gasteiger partial charge in [-0.2, -0.15) is 0 Å². The molecular weight excluding hydrogens is 483 g/mol. The number of aromatic nitrogens is 3. The van der Waals surface area contributed by atoms with Crippen LogP contribution >= 0.6 is 11.6 Å². The number of halogens is 2. The average Bonchev–Trinajstić information content (AvgIpc) is 3.47. The van der Waals surface area contributed by atoms with Gasteiger partial charge in [-0.1, -0.05) is 17.7 Å². The van der Waals surface area contributed by atoms with Gasteiger partial charge in [-0.15, -0.1) is 0 Å². The molecule has 0 saturated heterocycles. The normalized spacial score (nSPS) is 25.7. The Hall–Kier alpha value is -2.81. The third-order valence-corrected chi connectivity index (χ3v) is 8.02. The van der Waals surface area contributed by atoms with Crippen molar-refractivity contribution in [1.82, 2.24) is 14.5 Å². The molecule has 190 valence electrons. The van der Waals surface area contributed by atoms with Gasteiger partial charge in [-0.05, 0) is 75.6 Å². The summed E-state index contributed by atoms with van der Waals surface area (Å²) >= 11 is 5.86. The Morgan fingerprint density at radius 3 is 2.47 bits per heavy atom. The summed E-state index contributed by atoms with van der Waals surface area (Å²) in [6.45, 7) is 3.42. The number of aryl methyl sites for hydroxylation is 1. The van der Waals surface area contributed by atoms with Gasteiger partial charge in [0.05, 0.1) is 28.3 Å². The van der Waals surface area contributed by atoms with Crippen LogP contribution in [0.1, 0.15) is 72.9 Å². The summed E-state index contributed by atoms with van der Waals surface area (Å²) in [5, 5.41) is 24.4. The SMILES string of the molecule is Cn1cnc(C2CC3CC(O)(c4ccc(C(C)(C)O)cn4)CC3C2)c1C(=O)Nc1ccc(F)c(Cl)c1. The number of rotatable bonds is 5. The molecule has 1 amide bonds. The van der Waals surface area contributed by atoms with Gasteiger partial charge >= 0.3 is 0 Å². The Morgan fingerprint density at radius 1 is 1.19 bits per heavy atom. The second-order valence-electron chi connectivity index (χ2n) is 10.8. The number of amides is 1. The molecule has 0 aliphatic heterocycles. The Labute approximate surface area is 214 Å². The van der Waals surface area contributed by atoms with E-state index >= 15 is 0 Å². The number of imidazole rings is 1. The maximum Gasteiger partial charge on any atom is 0.274 e. The first kappa shape index (κ1) is 24.9. The largest absolute Gasteiger partial charge is 0.386 e. The van der Waals surface area contributed by atoms with Gasteiger partial charge in [0.15, 0.2) is 0 Å². The number of nitrogens with zero attached hydrogens (tertiary/aromatic N) is 3. The monoisotopic (exact) mass is 512 g/mol. The molecule has 2 heterocycles. The number of hydrogen-bond donors (Lipinski definition) is 3. The lowest BCUT2D eigenvalue weighted by Gasteiger charge is -2.25. The molecule has 2 unspecified atom stereocenters. The molecular formula is C27H30ClFN4O3. The summed E-state index contributed by atoms with van der Waals surface area (Å²) < 4.78 is 15.2. The standard InChI is InChI=1S/C27H30ClFN4O3/c1-26(2,35)18-4-7-22(30-13-18)27(36)11-16-8-15(9-17(16)12-27)23-24(33(3)14-31-23)25(34)32-19-5-6-21(29)20(28)10-19/h4-7,10,13-17,35-36H,8-9,11-12H2,1-3H3,(H,32,34). The summed E-state index contributed by atoms with van der Waals surface area (Å²) in [5.74, 6) is -0.169. The Bertz CT molecular complexity index is 1290. The van der Waals surface area contributed by atoms with E-state index in [2.05, 4.69) is 15.3 Å². The van der Waals surface area contributed by atoms with Gasteiger partial charge in [0, 0.05) is 30.4 Å². The van der Waals surface area contributed by atoms with Crippen LogP contribution in [0.25, 0.3) is 0 Å². The lowest BCUT2D eigenvalue weighted by molar-refractivity contribution is 0.0295. The molecule has 0 spiro atoms. The van der Waals surface area contributed by atoms with Crippen LogP contribution in [0, 0.1) is 17.7 Å². The molecule has 36 heavy (non-hydrogen) atoms. The van der Waals surface area contributed by atoms with Crippen molar-refractivity contribution in [2.75, 3.05) is 5.32 Å². The molecule has 2 atom stereocenters. The van der Waals surface area contributed by atoms with Crippen LogP contribution in [-0.4, -0.2) is 30.7 Å². The van der Waals surface area contributed by atoms with E-state index in [0.29, 0.717) is 47.3 Å². The van der Waals surface area contributed by atoms with Crippen molar-refractivity contribution in [3.8, 4) is 0 Å². The van der Waals surface area contributed by atoms with Gasteiger partial charge < -0.3 is 20.1 Å². The van der Waals surface area contributed by atoms with Crippen LogP contribution < -0.4 is 5.32 Å². The minimum absolute atomic E-state index is 0.0571. The lowest BCUT2D eigenvalue weighted by Crippen LogP contribution is -2.25. The van der Waals surface area contributed by atoms with Gasteiger partial charge in [0.25, 0.3) is 5.91 Å². The number of hydrogen-bond acceptors (Lipinski definition) is 5. The molecule has 0 bridgehead atoms. The molecule has 9 heteroatoms. The van der Waals surface area contributed by atoms with Crippen LogP contribution in [0.15, 0.2) is 42.9 Å². The van der Waals surface area contributed by atoms with Crippen LogP contribution in [0.4, 0.5) is 10.1 Å². The number of aliphatic hydroxyl groups is 2. The van der Waals surface area contributed by atoms with E-state index in [1.54, 1.807) is 38.0 Å². The number of benzene rings is 1. The second-order valence-corrected chi connectivity index (χ2v) is 11.2. The molecule has 2 aliphatic carbocycles. The zero-order chi connectivity index (χ0) is 25.8. The Kier molecular flexibility index (Phi) is 6.17. The molecule has 3 N–H and O–H groups in total. The highest BCUT2D eigenvalue weighted by atomic mass is 35.5. The summed E-state index contributed by atoms with van der Waals surface area (Å²) in [7, 11) is 1.78. The summed E-state index contributed by atoms with van der Waals surface area (Å²) in [5.41, 5.74) is 0.992. The summed E-state index contributed by atoms with van der Waals surface area (Å²) in [6.07, 6.45) is 6.14. The van der Waals surface area contributed by atoms with Gasteiger partial charge in [-0.25, -0.2) is 9.37 Å². The molecule has 1 aromatic carbocycles. The average molecular weight is 513 g/mol. The molecule has 2 aliphatic rings. The zero-order valence-electron chi connectivity index (χ0n) is 20.5. The molecule has 0 radical (unpaired) electrons. The van der Waals surface area contributed by atoms with E-state index in [1.807, 2.05) is 12.1 Å². The van der Waals surface area contributed by atoms with E-state index in [4.69, 9.17) is 11.6 Å². The Morgan fingerprint density at radius 2 is 1.89 bits per heavy atom. The number of carbonyl (C=O) groups excluding carboxylic acids is 1. The summed E-state index contributed by atoms with van der Waals surface area (Å²) in [6, 6.07) is 7.71. The minimum Gasteiger partial charge on any atom is -0.386 e. The molecule has 2 saturated carbocycles. The van der Waals surface area contributed by atoms with Crippen LogP contribution in [0.2, 0.25) is 5.02 Å². The number of anilines is 1. The predicted octanol–water partition coefficient (Wildman–Crippen LogP) is 4.88. The Balaban J connectivity index is 1.30. The third kappa shape index (κ3) is 4.53. The van der Waals surface area contributed by atoms with E-state index in [-0.39, 0.29) is 16.8 Å². The van der Waals surface area contributed by atoms with Crippen molar-refractivity contribution in [2.24, 2.45) is 18.9 Å². The molecule has 2 aromatic heterocycles. The fraction of sp³-hybridized carbons (Fsp3) is 0.444. The fourth-order valence-electron chi connectivity index (χ4n) is 5.91. The van der Waals surface area contributed by atoms with Crippen molar-refractivity contribution in [1.29, 1.82) is 0 Å². The smallest absolute Gasteiger partial charge is 0.274 e. The van der Waals surface area contributed by atoms with Gasteiger partial charge in [0.2, 0.25) is 0 Å². The van der Waals surface area contributed by atoms with Crippen LogP contribution in [0.3, 0.4) is 0 Å². The predicted molar refractivity (Wildman–Crippen MR) is 134 cm³/mol. The maximum absolute atomic E-state index is 13.5. The van der Waals surface area contributed by atoms with E-state index < -0.39 is 17.0 Å². The summed E-state index contributed by atoms with van der Waals surface area (Å²) in [4.78, 5) is 22.2. The number of fused-ring (bicyclic) bond motifs is 1. The molecule has 7 nitrogen and oxygen atoms in total. The number of pyridine rings is 1. The maximum atomic E-state index is 13.5. The van der Waals surface area contributed by atoms with Gasteiger partial charge in [-0.3, -0.25) is 9.78 Å². The first-order valence-electron chi connectivity index (χ1n) is 12.1.